The molecule has 0 bridgehead atoms. The van der Waals surface area contributed by atoms with E-state index in [1.54, 1.807) is 0 Å². The SMILES string of the molecule is COc1cc(C=O)cc2c1OC(F)(F)S2. The van der Waals surface area contributed by atoms with E-state index in [9.17, 15) is 13.6 Å². The first-order valence-electron chi connectivity index (χ1n) is 3.99. The summed E-state index contributed by atoms with van der Waals surface area (Å²) in [7, 11) is 1.33. The standard InChI is InChI=1S/C9H6F2O3S/c1-13-6-2-5(4-12)3-7-8(6)14-9(10,11)15-7/h2-4H,1H3. The first kappa shape index (κ1) is 10.2. The first-order chi connectivity index (χ1) is 7.05. The number of ether oxygens (including phenoxy) is 2. The summed E-state index contributed by atoms with van der Waals surface area (Å²) in [5.41, 5.74) is -3.02. The molecule has 15 heavy (non-hydrogen) atoms. The number of aldehydes is 1. The fraction of sp³-hybridized carbons (Fsp3) is 0.222. The highest BCUT2D eigenvalue weighted by Gasteiger charge is 2.43. The van der Waals surface area contributed by atoms with Crippen molar-refractivity contribution in [3.8, 4) is 11.5 Å². The summed E-state index contributed by atoms with van der Waals surface area (Å²) in [5.74, 6) is 0.123. The third-order valence-corrected chi connectivity index (χ3v) is 2.69. The van der Waals surface area contributed by atoms with Crippen molar-refractivity contribution in [1.82, 2.24) is 0 Å². The Kier molecular flexibility index (Phi) is 2.30. The Bertz CT molecular complexity index is 420. The number of rotatable bonds is 2. The number of benzene rings is 1. The van der Waals surface area contributed by atoms with Crippen LogP contribution in [0.25, 0.3) is 0 Å². The zero-order chi connectivity index (χ0) is 11.1. The van der Waals surface area contributed by atoms with Crippen molar-refractivity contribution in [2.24, 2.45) is 0 Å². The van der Waals surface area contributed by atoms with Crippen LogP contribution in [0.15, 0.2) is 17.0 Å². The Morgan fingerprint density at radius 3 is 2.87 bits per heavy atom. The average Bonchev–Trinajstić information content (AvgIpc) is 2.50. The van der Waals surface area contributed by atoms with Gasteiger partial charge < -0.3 is 9.47 Å². The summed E-state index contributed by atoms with van der Waals surface area (Å²) in [5, 5.41) is 0. The highest BCUT2D eigenvalue weighted by molar-refractivity contribution is 8.00. The second-order valence-electron chi connectivity index (χ2n) is 2.84. The Morgan fingerprint density at radius 2 is 2.27 bits per heavy atom. The van der Waals surface area contributed by atoms with Gasteiger partial charge in [-0.1, -0.05) is 0 Å². The number of methoxy groups -OCH3 is 1. The fourth-order valence-corrected chi connectivity index (χ4v) is 2.07. The maximum absolute atomic E-state index is 12.9. The summed E-state index contributed by atoms with van der Waals surface area (Å²) in [6.07, 6.45) is 0.569. The van der Waals surface area contributed by atoms with Crippen molar-refractivity contribution in [2.45, 2.75) is 10.3 Å². The third-order valence-electron chi connectivity index (χ3n) is 1.85. The molecule has 3 nitrogen and oxygen atoms in total. The van der Waals surface area contributed by atoms with Gasteiger partial charge in [-0.15, -0.1) is 0 Å². The van der Waals surface area contributed by atoms with Crippen molar-refractivity contribution >= 4 is 18.0 Å². The number of thioether (sulfide) groups is 1. The molecule has 6 heteroatoms. The van der Waals surface area contributed by atoms with Gasteiger partial charge in [-0.05, 0) is 23.9 Å². The largest absolute Gasteiger partial charge is 0.493 e. The van der Waals surface area contributed by atoms with Crippen LogP contribution in [0.4, 0.5) is 8.78 Å². The number of alkyl halides is 2. The molecule has 0 saturated carbocycles. The number of halogens is 2. The van der Waals surface area contributed by atoms with Crippen molar-refractivity contribution in [3.05, 3.63) is 17.7 Å². The van der Waals surface area contributed by atoms with Crippen LogP contribution in [0.5, 0.6) is 11.5 Å². The van der Waals surface area contributed by atoms with Gasteiger partial charge in [0.15, 0.2) is 11.5 Å². The molecule has 0 amide bonds. The molecule has 0 spiro atoms. The zero-order valence-corrected chi connectivity index (χ0v) is 8.44. The molecule has 1 aliphatic rings. The lowest BCUT2D eigenvalue weighted by atomic mass is 10.2. The van der Waals surface area contributed by atoms with Gasteiger partial charge in [0.05, 0.1) is 12.0 Å². The van der Waals surface area contributed by atoms with Crippen LogP contribution >= 0.6 is 11.8 Å². The molecule has 1 heterocycles. The molecule has 0 N–H and O–H groups in total. The fourth-order valence-electron chi connectivity index (χ4n) is 1.26. The predicted octanol–water partition coefficient (Wildman–Crippen LogP) is 2.54. The minimum atomic E-state index is -3.29. The molecule has 1 aromatic rings. The van der Waals surface area contributed by atoms with E-state index in [1.807, 2.05) is 0 Å². The van der Waals surface area contributed by atoms with Crippen molar-refractivity contribution < 1.29 is 23.0 Å². The summed E-state index contributed by atoms with van der Waals surface area (Å²) >= 11 is 0.258. The number of hydrogen-bond acceptors (Lipinski definition) is 4. The highest BCUT2D eigenvalue weighted by Crippen LogP contribution is 2.53. The van der Waals surface area contributed by atoms with E-state index in [0.717, 1.165) is 0 Å². The van der Waals surface area contributed by atoms with Crippen molar-refractivity contribution in [1.29, 1.82) is 0 Å². The van der Waals surface area contributed by atoms with Gasteiger partial charge in [-0.25, -0.2) is 0 Å². The first-order valence-corrected chi connectivity index (χ1v) is 4.80. The highest BCUT2D eigenvalue weighted by atomic mass is 32.2. The molecule has 2 rings (SSSR count). The average molecular weight is 232 g/mol. The molecular formula is C9H6F2O3S. The number of carbonyl (C=O) groups excluding carboxylic acids is 1. The minimum Gasteiger partial charge on any atom is -0.493 e. The van der Waals surface area contributed by atoms with E-state index in [1.165, 1.54) is 19.2 Å². The molecule has 1 aromatic carbocycles. The van der Waals surface area contributed by atoms with Gasteiger partial charge in [-0.3, -0.25) is 4.79 Å². The molecular weight excluding hydrogens is 226 g/mol. The van der Waals surface area contributed by atoms with Gasteiger partial charge >= 0.3 is 5.44 Å². The van der Waals surface area contributed by atoms with Crippen LogP contribution in [-0.2, 0) is 0 Å². The zero-order valence-electron chi connectivity index (χ0n) is 7.62. The van der Waals surface area contributed by atoms with E-state index in [2.05, 4.69) is 4.74 Å². The third kappa shape index (κ3) is 1.77. The Labute approximate surface area is 88.4 Å². The lowest BCUT2D eigenvalue weighted by Crippen LogP contribution is -2.14. The van der Waals surface area contributed by atoms with Gasteiger partial charge in [0.2, 0.25) is 0 Å². The number of hydrogen-bond donors (Lipinski definition) is 0. The van der Waals surface area contributed by atoms with Crippen LogP contribution in [0.3, 0.4) is 0 Å². The molecule has 0 aliphatic carbocycles. The summed E-state index contributed by atoms with van der Waals surface area (Å²) in [4.78, 5) is 10.8. The van der Waals surface area contributed by atoms with Crippen LogP contribution < -0.4 is 9.47 Å². The lowest BCUT2D eigenvalue weighted by Gasteiger charge is -2.08. The Morgan fingerprint density at radius 1 is 1.53 bits per heavy atom. The smallest absolute Gasteiger partial charge is 0.457 e. The molecule has 80 valence electrons. The molecule has 0 aromatic heterocycles. The van der Waals surface area contributed by atoms with Crippen molar-refractivity contribution in [3.63, 3.8) is 0 Å². The lowest BCUT2D eigenvalue weighted by molar-refractivity contribution is -0.0833. The molecule has 0 fully saturated rings. The minimum absolute atomic E-state index is 0.0156. The molecule has 0 unspecified atom stereocenters. The normalized spacial score (nSPS) is 16.7. The maximum Gasteiger partial charge on any atom is 0.457 e. The maximum atomic E-state index is 12.9. The van der Waals surface area contributed by atoms with Gasteiger partial charge in [0.25, 0.3) is 0 Å². The second-order valence-corrected chi connectivity index (χ2v) is 3.95. The van der Waals surface area contributed by atoms with E-state index < -0.39 is 5.44 Å². The molecule has 0 atom stereocenters. The van der Waals surface area contributed by atoms with Crippen LogP contribution in [0.2, 0.25) is 0 Å². The van der Waals surface area contributed by atoms with Crippen LogP contribution in [0.1, 0.15) is 10.4 Å². The monoisotopic (exact) mass is 232 g/mol. The van der Waals surface area contributed by atoms with Crippen molar-refractivity contribution in [2.75, 3.05) is 7.11 Å². The summed E-state index contributed by atoms with van der Waals surface area (Å²) < 4.78 is 35.0. The van der Waals surface area contributed by atoms with E-state index in [4.69, 9.17) is 4.74 Å². The Hall–Kier alpha value is -1.30. The number of carbonyl (C=O) groups is 1. The van der Waals surface area contributed by atoms with E-state index >= 15 is 0 Å². The summed E-state index contributed by atoms with van der Waals surface area (Å²) in [6.45, 7) is 0. The quantitative estimate of drug-likeness (QED) is 0.734. The number of fused-ring (bicyclic) bond motifs is 1. The van der Waals surface area contributed by atoms with Crippen LogP contribution in [0, 0.1) is 0 Å². The molecule has 0 radical (unpaired) electrons. The van der Waals surface area contributed by atoms with E-state index in [0.29, 0.717) is 6.29 Å². The van der Waals surface area contributed by atoms with Gasteiger partial charge in [-0.2, -0.15) is 8.78 Å². The topological polar surface area (TPSA) is 35.5 Å². The molecule has 0 saturated heterocycles. The summed E-state index contributed by atoms with van der Waals surface area (Å²) in [6, 6.07) is 2.70. The Balaban J connectivity index is 2.52. The van der Waals surface area contributed by atoms with E-state index in [-0.39, 0.29) is 33.7 Å². The predicted molar refractivity (Wildman–Crippen MR) is 49.8 cm³/mol. The van der Waals surface area contributed by atoms with Gasteiger partial charge in [0, 0.05) is 5.56 Å². The van der Waals surface area contributed by atoms with Crippen LogP contribution in [-0.4, -0.2) is 18.8 Å². The van der Waals surface area contributed by atoms with Gasteiger partial charge in [0.1, 0.15) is 6.29 Å². The second kappa shape index (κ2) is 3.37. The molecule has 1 aliphatic heterocycles.